The molecule has 1 aromatic heterocycles. The first kappa shape index (κ1) is 15.5. The van der Waals surface area contributed by atoms with Gasteiger partial charge in [0, 0.05) is 40.3 Å². The lowest BCUT2D eigenvalue weighted by Gasteiger charge is -2.21. The van der Waals surface area contributed by atoms with E-state index in [0.29, 0.717) is 16.6 Å². The molecule has 1 aromatic rings. The van der Waals surface area contributed by atoms with E-state index in [-0.39, 0.29) is 5.91 Å². The number of nitrogen functional groups attached to an aromatic ring is 1. The van der Waals surface area contributed by atoms with Crippen LogP contribution in [0, 0.1) is 0 Å². The van der Waals surface area contributed by atoms with Gasteiger partial charge >= 0.3 is 0 Å². The molecule has 1 aliphatic heterocycles. The van der Waals surface area contributed by atoms with Gasteiger partial charge in [-0.1, -0.05) is 13.3 Å². The van der Waals surface area contributed by atoms with Crippen molar-refractivity contribution in [1.82, 2.24) is 10.3 Å². The van der Waals surface area contributed by atoms with Crippen molar-refractivity contribution in [2.24, 2.45) is 0 Å². The molecule has 1 saturated heterocycles. The van der Waals surface area contributed by atoms with E-state index in [1.807, 2.05) is 29.6 Å². The fourth-order valence-corrected chi connectivity index (χ4v) is 4.70. The maximum Gasteiger partial charge on any atom is 0.251 e. The number of thioether (sulfide) groups is 2. The van der Waals surface area contributed by atoms with Crippen LogP contribution in [-0.2, 0) is 6.42 Å². The Kier molecular flexibility index (Phi) is 6.04. The van der Waals surface area contributed by atoms with E-state index in [0.717, 1.165) is 30.8 Å². The maximum absolute atomic E-state index is 12.2. The van der Waals surface area contributed by atoms with E-state index < -0.39 is 0 Å². The fraction of sp³-hybridized carbons (Fsp3) is 0.571. The average Bonchev–Trinajstić information content (AvgIpc) is 2.45. The molecule has 0 spiro atoms. The summed E-state index contributed by atoms with van der Waals surface area (Å²) in [6.45, 7) is 2.81. The van der Waals surface area contributed by atoms with Gasteiger partial charge in [0.1, 0.15) is 5.82 Å². The molecule has 1 atom stereocenters. The second kappa shape index (κ2) is 7.78. The number of rotatable bonds is 5. The van der Waals surface area contributed by atoms with Crippen LogP contribution in [0.15, 0.2) is 12.1 Å². The molecule has 6 heteroatoms. The molecule has 0 aromatic carbocycles. The lowest BCUT2D eigenvalue weighted by molar-refractivity contribution is 0.0954. The number of carbonyl (C=O) groups excluding carboxylic acids is 1. The van der Waals surface area contributed by atoms with Crippen LogP contribution in [0.1, 0.15) is 29.4 Å². The van der Waals surface area contributed by atoms with Crippen LogP contribution >= 0.6 is 23.5 Å². The van der Waals surface area contributed by atoms with Gasteiger partial charge in [-0.3, -0.25) is 4.79 Å². The second-order valence-corrected chi connectivity index (χ2v) is 7.36. The van der Waals surface area contributed by atoms with Crippen molar-refractivity contribution >= 4 is 35.2 Å². The number of amides is 1. The van der Waals surface area contributed by atoms with Crippen LogP contribution < -0.4 is 11.1 Å². The van der Waals surface area contributed by atoms with Crippen molar-refractivity contribution in [1.29, 1.82) is 0 Å². The zero-order valence-electron chi connectivity index (χ0n) is 11.7. The summed E-state index contributed by atoms with van der Waals surface area (Å²) >= 11 is 3.90. The van der Waals surface area contributed by atoms with E-state index in [9.17, 15) is 4.79 Å². The molecule has 20 heavy (non-hydrogen) atoms. The molecule has 3 N–H and O–H groups in total. The molecule has 0 aliphatic carbocycles. The molecule has 4 nitrogen and oxygen atoms in total. The standard InChI is InChI=1S/C14H21N3OS2/c1-2-3-11-6-10(7-13(15)17-11)14(18)16-8-12-9-19-4-5-20-12/h6-7,12H,2-5,8-9H2,1H3,(H2,15,17)(H,16,18). The molecule has 0 bridgehead atoms. The van der Waals surface area contributed by atoms with Gasteiger partial charge < -0.3 is 11.1 Å². The normalized spacial score (nSPS) is 18.8. The highest BCUT2D eigenvalue weighted by Crippen LogP contribution is 2.23. The minimum absolute atomic E-state index is 0.0485. The van der Waals surface area contributed by atoms with Gasteiger partial charge in [-0.15, -0.1) is 0 Å². The molecule has 2 heterocycles. The first-order chi connectivity index (χ1) is 9.69. The van der Waals surface area contributed by atoms with Crippen LogP contribution in [-0.4, -0.2) is 39.9 Å². The zero-order valence-corrected chi connectivity index (χ0v) is 13.4. The lowest BCUT2D eigenvalue weighted by Crippen LogP contribution is -2.33. The number of carbonyl (C=O) groups is 1. The molecule has 0 saturated carbocycles. The van der Waals surface area contributed by atoms with Crippen LogP contribution in [0.25, 0.3) is 0 Å². The largest absolute Gasteiger partial charge is 0.384 e. The van der Waals surface area contributed by atoms with Crippen LogP contribution in [0.2, 0.25) is 0 Å². The number of hydrogen-bond donors (Lipinski definition) is 2. The Morgan fingerprint density at radius 2 is 2.35 bits per heavy atom. The number of anilines is 1. The Balaban J connectivity index is 1.93. The van der Waals surface area contributed by atoms with Gasteiger partial charge in [0.05, 0.1) is 0 Å². The first-order valence-corrected chi connectivity index (χ1v) is 9.13. The summed E-state index contributed by atoms with van der Waals surface area (Å²) in [7, 11) is 0. The van der Waals surface area contributed by atoms with Crippen LogP contribution in [0.4, 0.5) is 5.82 Å². The van der Waals surface area contributed by atoms with E-state index >= 15 is 0 Å². The number of nitrogens with zero attached hydrogens (tertiary/aromatic N) is 1. The summed E-state index contributed by atoms with van der Waals surface area (Å²) in [5.74, 6) is 3.88. The molecular formula is C14H21N3OS2. The third kappa shape index (κ3) is 4.59. The van der Waals surface area contributed by atoms with Crippen molar-refractivity contribution in [2.45, 2.75) is 25.0 Å². The smallest absolute Gasteiger partial charge is 0.251 e. The Morgan fingerprint density at radius 1 is 1.50 bits per heavy atom. The Bertz CT molecular complexity index is 462. The molecule has 0 radical (unpaired) electrons. The summed E-state index contributed by atoms with van der Waals surface area (Å²) < 4.78 is 0. The lowest BCUT2D eigenvalue weighted by atomic mass is 10.1. The second-order valence-electron chi connectivity index (χ2n) is 4.80. The topological polar surface area (TPSA) is 68.0 Å². The van der Waals surface area contributed by atoms with E-state index in [4.69, 9.17) is 5.73 Å². The molecule has 1 unspecified atom stereocenters. The van der Waals surface area contributed by atoms with Crippen molar-refractivity contribution in [3.8, 4) is 0 Å². The van der Waals surface area contributed by atoms with E-state index in [1.165, 1.54) is 11.5 Å². The number of nitrogens with one attached hydrogen (secondary N) is 1. The molecule has 1 aliphatic rings. The summed E-state index contributed by atoms with van der Waals surface area (Å²) in [6, 6.07) is 3.50. The first-order valence-electron chi connectivity index (χ1n) is 6.93. The summed E-state index contributed by atoms with van der Waals surface area (Å²) in [5, 5.41) is 3.53. The summed E-state index contributed by atoms with van der Waals surface area (Å²) in [5.41, 5.74) is 7.28. The number of pyridine rings is 1. The number of aromatic nitrogens is 1. The molecule has 110 valence electrons. The van der Waals surface area contributed by atoms with Crippen LogP contribution in [0.5, 0.6) is 0 Å². The highest BCUT2D eigenvalue weighted by atomic mass is 32.2. The Labute approximate surface area is 128 Å². The quantitative estimate of drug-likeness (QED) is 0.872. The monoisotopic (exact) mass is 311 g/mol. The molecular weight excluding hydrogens is 290 g/mol. The fourth-order valence-electron chi connectivity index (χ4n) is 2.09. The predicted molar refractivity (Wildman–Crippen MR) is 88.5 cm³/mol. The Hall–Kier alpha value is -0.880. The molecule has 1 fully saturated rings. The van der Waals surface area contributed by atoms with Gasteiger partial charge in [-0.25, -0.2) is 4.98 Å². The van der Waals surface area contributed by atoms with E-state index in [1.54, 1.807) is 6.07 Å². The van der Waals surface area contributed by atoms with Gasteiger partial charge in [-0.05, 0) is 18.6 Å². The van der Waals surface area contributed by atoms with Gasteiger partial charge in [0.15, 0.2) is 0 Å². The van der Waals surface area contributed by atoms with E-state index in [2.05, 4.69) is 17.2 Å². The third-order valence-electron chi connectivity index (χ3n) is 3.04. The maximum atomic E-state index is 12.2. The SMILES string of the molecule is CCCc1cc(C(=O)NCC2CSCCS2)cc(N)n1. The van der Waals surface area contributed by atoms with Crippen molar-refractivity contribution in [2.75, 3.05) is 29.5 Å². The summed E-state index contributed by atoms with van der Waals surface area (Å²) in [6.07, 6.45) is 1.84. The summed E-state index contributed by atoms with van der Waals surface area (Å²) in [4.78, 5) is 16.4. The Morgan fingerprint density at radius 3 is 3.05 bits per heavy atom. The van der Waals surface area contributed by atoms with Crippen molar-refractivity contribution in [3.63, 3.8) is 0 Å². The number of nitrogens with two attached hydrogens (primary N) is 1. The minimum Gasteiger partial charge on any atom is -0.384 e. The highest BCUT2D eigenvalue weighted by molar-refractivity contribution is 8.06. The minimum atomic E-state index is -0.0485. The zero-order chi connectivity index (χ0) is 14.4. The van der Waals surface area contributed by atoms with Crippen molar-refractivity contribution in [3.05, 3.63) is 23.4 Å². The van der Waals surface area contributed by atoms with Gasteiger partial charge in [0.2, 0.25) is 0 Å². The third-order valence-corrected chi connectivity index (χ3v) is 5.89. The van der Waals surface area contributed by atoms with Crippen LogP contribution in [0.3, 0.4) is 0 Å². The van der Waals surface area contributed by atoms with Crippen molar-refractivity contribution < 1.29 is 4.79 Å². The number of hydrogen-bond acceptors (Lipinski definition) is 5. The van der Waals surface area contributed by atoms with Gasteiger partial charge in [0.25, 0.3) is 5.91 Å². The molecule has 1 amide bonds. The van der Waals surface area contributed by atoms with Gasteiger partial charge in [-0.2, -0.15) is 23.5 Å². The number of aryl methyl sites for hydroxylation is 1. The average molecular weight is 311 g/mol. The molecule has 2 rings (SSSR count). The highest BCUT2D eigenvalue weighted by Gasteiger charge is 2.16. The predicted octanol–water partition coefficient (Wildman–Crippen LogP) is 2.19.